The van der Waals surface area contributed by atoms with Crippen LogP contribution in [0, 0.1) is 5.92 Å². The molecule has 1 fully saturated rings. The van der Waals surface area contributed by atoms with Gasteiger partial charge in [-0.25, -0.2) is 4.79 Å². The molecule has 1 unspecified atom stereocenters. The average molecular weight is 199 g/mol. The molecule has 4 heteroatoms. The van der Waals surface area contributed by atoms with Crippen LogP contribution in [0.5, 0.6) is 0 Å². The average Bonchev–Trinajstić information content (AvgIpc) is 2.00. The summed E-state index contributed by atoms with van der Waals surface area (Å²) < 4.78 is 0. The van der Waals surface area contributed by atoms with Crippen LogP contribution in [0.2, 0.25) is 0 Å². The van der Waals surface area contributed by atoms with Crippen LogP contribution in [0.1, 0.15) is 26.7 Å². The molecule has 0 aliphatic carbocycles. The molecule has 14 heavy (non-hydrogen) atoms. The summed E-state index contributed by atoms with van der Waals surface area (Å²) in [5, 5.41) is 8.99. The van der Waals surface area contributed by atoms with E-state index in [1.165, 1.54) is 0 Å². The Morgan fingerprint density at radius 1 is 1.57 bits per heavy atom. The Balaban J connectivity index is 2.06. The van der Waals surface area contributed by atoms with Crippen LogP contribution in [-0.2, 0) is 0 Å². The number of hydrogen-bond donors (Lipinski definition) is 3. The van der Waals surface area contributed by atoms with E-state index in [-0.39, 0.29) is 12.1 Å². The number of rotatable bonds is 5. The van der Waals surface area contributed by atoms with Crippen molar-refractivity contribution in [3.8, 4) is 0 Å². The summed E-state index contributed by atoms with van der Waals surface area (Å²) in [6, 6.07) is 0.246. The smallest absolute Gasteiger partial charge is 0.315 e. The SMILES string of the molecule is CCCCNC(=O)NC(C)C1CNC1. The van der Waals surface area contributed by atoms with E-state index in [4.69, 9.17) is 0 Å². The molecule has 1 rings (SSSR count). The molecule has 0 aromatic carbocycles. The van der Waals surface area contributed by atoms with Gasteiger partial charge in [0.25, 0.3) is 0 Å². The predicted octanol–water partition coefficient (Wildman–Crippen LogP) is 0.694. The van der Waals surface area contributed by atoms with Crippen LogP contribution < -0.4 is 16.0 Å². The number of carbonyl (C=O) groups excluding carboxylic acids is 1. The van der Waals surface area contributed by atoms with Gasteiger partial charge < -0.3 is 16.0 Å². The molecule has 0 aromatic rings. The quantitative estimate of drug-likeness (QED) is 0.571. The van der Waals surface area contributed by atoms with Crippen molar-refractivity contribution in [2.45, 2.75) is 32.7 Å². The van der Waals surface area contributed by atoms with Gasteiger partial charge >= 0.3 is 6.03 Å². The summed E-state index contributed by atoms with van der Waals surface area (Å²) in [4.78, 5) is 11.3. The molecule has 0 radical (unpaired) electrons. The fourth-order valence-electron chi connectivity index (χ4n) is 1.42. The number of nitrogens with one attached hydrogen (secondary N) is 3. The van der Waals surface area contributed by atoms with E-state index in [1.807, 2.05) is 0 Å². The lowest BCUT2D eigenvalue weighted by molar-refractivity contribution is 0.222. The van der Waals surface area contributed by atoms with Crippen molar-refractivity contribution >= 4 is 6.03 Å². The Bertz CT molecular complexity index is 180. The van der Waals surface area contributed by atoms with E-state index in [0.29, 0.717) is 5.92 Å². The topological polar surface area (TPSA) is 53.2 Å². The van der Waals surface area contributed by atoms with Crippen LogP contribution in [0.4, 0.5) is 4.79 Å². The van der Waals surface area contributed by atoms with Crippen LogP contribution in [0.15, 0.2) is 0 Å². The second-order valence-corrected chi connectivity index (χ2v) is 3.96. The number of urea groups is 1. The number of hydrogen-bond acceptors (Lipinski definition) is 2. The van der Waals surface area contributed by atoms with Gasteiger partial charge in [-0.1, -0.05) is 13.3 Å². The third-order valence-electron chi connectivity index (χ3n) is 2.69. The Morgan fingerprint density at radius 2 is 2.29 bits per heavy atom. The minimum Gasteiger partial charge on any atom is -0.338 e. The number of amides is 2. The first-order chi connectivity index (χ1) is 6.74. The minimum absolute atomic E-state index is 0.0298. The van der Waals surface area contributed by atoms with Crippen molar-refractivity contribution in [1.82, 2.24) is 16.0 Å². The van der Waals surface area contributed by atoms with E-state index < -0.39 is 0 Å². The van der Waals surface area contributed by atoms with Gasteiger partial charge in [-0.2, -0.15) is 0 Å². The van der Waals surface area contributed by atoms with E-state index in [9.17, 15) is 4.79 Å². The van der Waals surface area contributed by atoms with Gasteiger partial charge in [-0.3, -0.25) is 0 Å². The highest BCUT2D eigenvalue weighted by Crippen LogP contribution is 2.07. The van der Waals surface area contributed by atoms with Crippen molar-refractivity contribution in [3.63, 3.8) is 0 Å². The van der Waals surface area contributed by atoms with Gasteiger partial charge in [0.15, 0.2) is 0 Å². The van der Waals surface area contributed by atoms with Crippen molar-refractivity contribution in [2.24, 2.45) is 5.92 Å². The highest BCUT2D eigenvalue weighted by molar-refractivity contribution is 5.74. The van der Waals surface area contributed by atoms with Crippen molar-refractivity contribution < 1.29 is 4.79 Å². The van der Waals surface area contributed by atoms with Crippen LogP contribution in [-0.4, -0.2) is 31.7 Å². The van der Waals surface area contributed by atoms with Crippen LogP contribution >= 0.6 is 0 Å². The van der Waals surface area contributed by atoms with Gasteiger partial charge in [0, 0.05) is 31.6 Å². The second-order valence-electron chi connectivity index (χ2n) is 3.96. The van der Waals surface area contributed by atoms with Gasteiger partial charge in [0.05, 0.1) is 0 Å². The fraction of sp³-hybridized carbons (Fsp3) is 0.900. The summed E-state index contributed by atoms with van der Waals surface area (Å²) >= 11 is 0. The predicted molar refractivity (Wildman–Crippen MR) is 57.3 cm³/mol. The maximum Gasteiger partial charge on any atom is 0.315 e. The third-order valence-corrected chi connectivity index (χ3v) is 2.69. The first kappa shape index (κ1) is 11.3. The van der Waals surface area contributed by atoms with E-state index in [2.05, 4.69) is 29.8 Å². The number of carbonyl (C=O) groups is 1. The van der Waals surface area contributed by atoms with E-state index >= 15 is 0 Å². The van der Waals surface area contributed by atoms with Crippen molar-refractivity contribution in [1.29, 1.82) is 0 Å². The van der Waals surface area contributed by atoms with Gasteiger partial charge in [-0.05, 0) is 13.3 Å². The highest BCUT2D eigenvalue weighted by Gasteiger charge is 2.24. The molecule has 4 nitrogen and oxygen atoms in total. The maximum atomic E-state index is 11.3. The summed E-state index contributed by atoms with van der Waals surface area (Å²) in [6.07, 6.45) is 2.16. The first-order valence-corrected chi connectivity index (χ1v) is 5.49. The molecule has 0 saturated carbocycles. The zero-order chi connectivity index (χ0) is 10.4. The van der Waals surface area contributed by atoms with E-state index in [0.717, 1.165) is 32.5 Å². The lowest BCUT2D eigenvalue weighted by atomic mass is 9.95. The first-order valence-electron chi connectivity index (χ1n) is 5.49. The Morgan fingerprint density at radius 3 is 2.79 bits per heavy atom. The summed E-state index contributed by atoms with van der Waals surface area (Å²) in [7, 11) is 0. The summed E-state index contributed by atoms with van der Waals surface area (Å²) in [6.45, 7) is 7.00. The molecule has 0 aromatic heterocycles. The second kappa shape index (κ2) is 5.86. The standard InChI is InChI=1S/C10H21N3O/c1-3-4-5-12-10(14)13-8(2)9-6-11-7-9/h8-9,11H,3-7H2,1-2H3,(H2,12,13,14). The van der Waals surface area contributed by atoms with Crippen molar-refractivity contribution in [3.05, 3.63) is 0 Å². The zero-order valence-corrected chi connectivity index (χ0v) is 9.10. The lowest BCUT2D eigenvalue weighted by Crippen LogP contribution is -2.54. The fourth-order valence-corrected chi connectivity index (χ4v) is 1.42. The van der Waals surface area contributed by atoms with Gasteiger partial charge in [-0.15, -0.1) is 0 Å². The lowest BCUT2D eigenvalue weighted by Gasteiger charge is -2.32. The monoisotopic (exact) mass is 199 g/mol. The Labute approximate surface area is 85.8 Å². The Kier molecular flexibility index (Phi) is 4.73. The normalized spacial score (nSPS) is 18.4. The molecule has 2 amide bonds. The minimum atomic E-state index is -0.0298. The third kappa shape index (κ3) is 3.54. The highest BCUT2D eigenvalue weighted by atomic mass is 16.2. The maximum absolute atomic E-state index is 11.3. The molecular formula is C10H21N3O. The summed E-state index contributed by atoms with van der Waals surface area (Å²) in [5.41, 5.74) is 0. The van der Waals surface area contributed by atoms with E-state index in [1.54, 1.807) is 0 Å². The molecule has 1 heterocycles. The number of unbranched alkanes of at least 4 members (excludes halogenated alkanes) is 1. The zero-order valence-electron chi connectivity index (χ0n) is 9.10. The molecule has 1 aliphatic rings. The van der Waals surface area contributed by atoms with Crippen molar-refractivity contribution in [2.75, 3.05) is 19.6 Å². The summed E-state index contributed by atoms with van der Waals surface area (Å²) in [5.74, 6) is 0.604. The molecule has 3 N–H and O–H groups in total. The largest absolute Gasteiger partial charge is 0.338 e. The van der Waals surface area contributed by atoms with Gasteiger partial charge in [0.2, 0.25) is 0 Å². The molecule has 1 aliphatic heterocycles. The molecule has 1 atom stereocenters. The molecule has 1 saturated heterocycles. The van der Waals surface area contributed by atoms with Crippen LogP contribution in [0.3, 0.4) is 0 Å². The molecule has 0 bridgehead atoms. The molecule has 0 spiro atoms. The Hall–Kier alpha value is -0.770. The molecule has 82 valence electrons. The van der Waals surface area contributed by atoms with Crippen LogP contribution in [0.25, 0.3) is 0 Å². The molecular weight excluding hydrogens is 178 g/mol. The van der Waals surface area contributed by atoms with Gasteiger partial charge in [0.1, 0.15) is 0 Å².